The molecule has 1 aliphatic carbocycles. The Bertz CT molecular complexity index is 570. The lowest BCUT2D eigenvalue weighted by Gasteiger charge is -2.02. The summed E-state index contributed by atoms with van der Waals surface area (Å²) in [6, 6.07) is 0.761. The molecule has 3 heterocycles. The molecule has 0 aromatic carbocycles. The van der Waals surface area contributed by atoms with Crippen molar-refractivity contribution in [3.05, 3.63) is 10.8 Å². The van der Waals surface area contributed by atoms with E-state index in [1.54, 1.807) is 11.3 Å². The molecule has 7 heteroatoms. The van der Waals surface area contributed by atoms with Gasteiger partial charge in [-0.25, -0.2) is 0 Å². The Morgan fingerprint density at radius 1 is 1.32 bits per heavy atom. The number of nitrogens with one attached hydrogen (secondary N) is 1. The first kappa shape index (κ1) is 11.7. The average Bonchev–Trinajstić information content (AvgIpc) is 2.80. The summed E-state index contributed by atoms with van der Waals surface area (Å²) in [5, 5.41) is 17.8. The Morgan fingerprint density at radius 3 is 3.05 bits per heavy atom. The summed E-state index contributed by atoms with van der Waals surface area (Å²) in [6.45, 7) is 2.58. The predicted molar refractivity (Wildman–Crippen MR) is 71.6 cm³/mol. The monoisotopic (exact) mass is 279 g/mol. The number of rotatable bonds is 5. The number of hydrogen-bond donors (Lipinski definition) is 1. The molecule has 4 rings (SSSR count). The van der Waals surface area contributed by atoms with Gasteiger partial charge in [0, 0.05) is 31.5 Å². The molecule has 2 aromatic rings. The molecule has 1 atom stereocenters. The van der Waals surface area contributed by atoms with E-state index in [1.807, 2.05) is 4.52 Å². The molecule has 0 amide bonds. The summed E-state index contributed by atoms with van der Waals surface area (Å²) < 4.78 is 7.33. The molecule has 0 bridgehead atoms. The third kappa shape index (κ3) is 2.37. The van der Waals surface area contributed by atoms with Crippen molar-refractivity contribution < 1.29 is 4.74 Å². The van der Waals surface area contributed by atoms with Crippen molar-refractivity contribution in [3.8, 4) is 0 Å². The van der Waals surface area contributed by atoms with Gasteiger partial charge in [0.15, 0.2) is 5.82 Å². The Balaban J connectivity index is 1.50. The molecule has 1 saturated heterocycles. The maximum absolute atomic E-state index is 5.42. The average molecular weight is 279 g/mol. The largest absolute Gasteiger partial charge is 0.381 e. The summed E-state index contributed by atoms with van der Waals surface area (Å²) in [5.41, 5.74) is 0. The molecule has 1 unspecified atom stereocenters. The van der Waals surface area contributed by atoms with E-state index in [2.05, 4.69) is 20.6 Å². The second-order valence-electron chi connectivity index (χ2n) is 5.29. The fraction of sp³-hybridized carbons (Fsp3) is 0.750. The first-order valence-electron chi connectivity index (χ1n) is 6.92. The lowest BCUT2D eigenvalue weighted by Crippen LogP contribution is -2.19. The van der Waals surface area contributed by atoms with E-state index in [-0.39, 0.29) is 0 Å². The molecule has 2 aliphatic rings. The third-order valence-electron chi connectivity index (χ3n) is 3.70. The van der Waals surface area contributed by atoms with Gasteiger partial charge in [0.2, 0.25) is 4.96 Å². The molecule has 1 aliphatic heterocycles. The molecule has 2 fully saturated rings. The second kappa shape index (κ2) is 4.81. The van der Waals surface area contributed by atoms with E-state index in [1.165, 1.54) is 12.8 Å². The van der Waals surface area contributed by atoms with E-state index in [4.69, 9.17) is 4.74 Å². The number of ether oxygens (including phenoxy) is 1. The van der Waals surface area contributed by atoms with Crippen LogP contribution in [0.3, 0.4) is 0 Å². The highest BCUT2D eigenvalue weighted by Crippen LogP contribution is 2.25. The SMILES string of the molecule is C(Cc1nn2c(C3CCOC3)nnc2s1)NC1CC1. The van der Waals surface area contributed by atoms with E-state index in [0.29, 0.717) is 5.92 Å². The van der Waals surface area contributed by atoms with Crippen LogP contribution in [0.4, 0.5) is 0 Å². The van der Waals surface area contributed by atoms with Crippen molar-refractivity contribution in [1.82, 2.24) is 25.1 Å². The zero-order valence-corrected chi connectivity index (χ0v) is 11.5. The number of aromatic nitrogens is 4. The van der Waals surface area contributed by atoms with Crippen LogP contribution in [-0.2, 0) is 11.2 Å². The molecule has 0 radical (unpaired) electrons. The van der Waals surface area contributed by atoms with Crippen LogP contribution in [-0.4, -0.2) is 45.6 Å². The molecule has 1 N–H and O–H groups in total. The van der Waals surface area contributed by atoms with E-state index < -0.39 is 0 Å². The van der Waals surface area contributed by atoms with Gasteiger partial charge in [-0.05, 0) is 19.3 Å². The highest BCUT2D eigenvalue weighted by molar-refractivity contribution is 7.16. The summed E-state index contributed by atoms with van der Waals surface area (Å²) in [6.07, 6.45) is 4.66. The topological polar surface area (TPSA) is 64.3 Å². The molecular weight excluding hydrogens is 262 g/mol. The van der Waals surface area contributed by atoms with Gasteiger partial charge >= 0.3 is 0 Å². The van der Waals surface area contributed by atoms with Gasteiger partial charge in [-0.3, -0.25) is 0 Å². The van der Waals surface area contributed by atoms with Crippen molar-refractivity contribution in [1.29, 1.82) is 0 Å². The Hall–Kier alpha value is -1.05. The van der Waals surface area contributed by atoms with Gasteiger partial charge in [-0.1, -0.05) is 11.3 Å². The molecule has 6 nitrogen and oxygen atoms in total. The highest BCUT2D eigenvalue weighted by Gasteiger charge is 2.25. The predicted octanol–water partition coefficient (Wildman–Crippen LogP) is 0.984. The number of hydrogen-bond acceptors (Lipinski definition) is 6. The third-order valence-corrected chi connectivity index (χ3v) is 4.66. The minimum absolute atomic E-state index is 0.356. The lowest BCUT2D eigenvalue weighted by atomic mass is 10.1. The first-order chi connectivity index (χ1) is 9.40. The van der Waals surface area contributed by atoms with Crippen LogP contribution in [0.15, 0.2) is 0 Å². The maximum atomic E-state index is 5.42. The van der Waals surface area contributed by atoms with Gasteiger partial charge in [-0.2, -0.15) is 9.61 Å². The van der Waals surface area contributed by atoms with Crippen molar-refractivity contribution in [2.45, 2.75) is 37.6 Å². The molecule has 2 aromatic heterocycles. The normalized spacial score (nSPS) is 23.5. The van der Waals surface area contributed by atoms with Gasteiger partial charge < -0.3 is 10.1 Å². The zero-order valence-electron chi connectivity index (χ0n) is 10.7. The van der Waals surface area contributed by atoms with Gasteiger partial charge in [0.1, 0.15) is 5.01 Å². The molecule has 102 valence electrons. The van der Waals surface area contributed by atoms with Crippen LogP contribution >= 0.6 is 11.3 Å². The zero-order chi connectivity index (χ0) is 12.7. The van der Waals surface area contributed by atoms with Crippen LogP contribution in [0.1, 0.15) is 36.0 Å². The van der Waals surface area contributed by atoms with Gasteiger partial charge in [0.25, 0.3) is 0 Å². The number of nitrogens with zero attached hydrogens (tertiary/aromatic N) is 4. The lowest BCUT2D eigenvalue weighted by molar-refractivity contribution is 0.193. The molecule has 1 saturated carbocycles. The van der Waals surface area contributed by atoms with Crippen molar-refractivity contribution >= 4 is 16.3 Å². The van der Waals surface area contributed by atoms with E-state index in [9.17, 15) is 0 Å². The van der Waals surface area contributed by atoms with Crippen LogP contribution in [0, 0.1) is 0 Å². The van der Waals surface area contributed by atoms with Crippen molar-refractivity contribution in [2.24, 2.45) is 0 Å². The highest BCUT2D eigenvalue weighted by atomic mass is 32.1. The minimum Gasteiger partial charge on any atom is -0.381 e. The van der Waals surface area contributed by atoms with Crippen LogP contribution in [0.25, 0.3) is 4.96 Å². The quantitative estimate of drug-likeness (QED) is 0.884. The Kier molecular flexibility index (Phi) is 2.97. The van der Waals surface area contributed by atoms with Crippen LogP contribution in [0.2, 0.25) is 0 Å². The summed E-state index contributed by atoms with van der Waals surface area (Å²) >= 11 is 1.65. The summed E-state index contributed by atoms with van der Waals surface area (Å²) in [5.74, 6) is 1.32. The van der Waals surface area contributed by atoms with Crippen molar-refractivity contribution in [2.75, 3.05) is 19.8 Å². The summed E-state index contributed by atoms with van der Waals surface area (Å²) in [7, 11) is 0. The standard InChI is InChI=1S/C12H17N5OS/c1-2-9(1)13-5-3-10-16-17-11(8-4-6-18-7-8)14-15-12(17)19-10/h8-9,13H,1-7H2. The van der Waals surface area contributed by atoms with Crippen LogP contribution in [0.5, 0.6) is 0 Å². The van der Waals surface area contributed by atoms with Gasteiger partial charge in [0.05, 0.1) is 6.61 Å². The second-order valence-corrected chi connectivity index (χ2v) is 6.33. The summed E-state index contributed by atoms with van der Waals surface area (Å²) in [4.78, 5) is 0.906. The number of fused-ring (bicyclic) bond motifs is 1. The smallest absolute Gasteiger partial charge is 0.234 e. The van der Waals surface area contributed by atoms with Crippen molar-refractivity contribution in [3.63, 3.8) is 0 Å². The molecule has 0 spiro atoms. The fourth-order valence-corrected chi connectivity index (χ4v) is 3.28. The minimum atomic E-state index is 0.356. The Labute approximate surface area is 115 Å². The molecular formula is C12H17N5OS. The van der Waals surface area contributed by atoms with E-state index >= 15 is 0 Å². The fourth-order valence-electron chi connectivity index (χ4n) is 2.44. The van der Waals surface area contributed by atoms with Crippen LogP contribution < -0.4 is 5.32 Å². The van der Waals surface area contributed by atoms with E-state index in [0.717, 1.165) is 54.4 Å². The van der Waals surface area contributed by atoms with Gasteiger partial charge in [-0.15, -0.1) is 10.2 Å². The Morgan fingerprint density at radius 2 is 2.26 bits per heavy atom. The first-order valence-corrected chi connectivity index (χ1v) is 7.74. The molecule has 19 heavy (non-hydrogen) atoms. The maximum Gasteiger partial charge on any atom is 0.234 e.